The van der Waals surface area contributed by atoms with E-state index < -0.39 is 0 Å². The molecule has 7 nitrogen and oxygen atoms in total. The Hall–Kier alpha value is -2.09. The minimum atomic E-state index is -0.275. The zero-order valence-corrected chi connectivity index (χ0v) is 19.5. The molecule has 4 aliphatic rings. The Bertz CT molecular complexity index is 914. The Kier molecular flexibility index (Phi) is 5.68. The number of ether oxygens (including phenoxy) is 4. The summed E-state index contributed by atoms with van der Waals surface area (Å²) in [6.07, 6.45) is 6.01. The van der Waals surface area contributed by atoms with E-state index in [-0.39, 0.29) is 36.9 Å². The van der Waals surface area contributed by atoms with Crippen LogP contribution in [0.4, 0.5) is 0 Å². The van der Waals surface area contributed by atoms with Gasteiger partial charge in [0.15, 0.2) is 18.3 Å². The van der Waals surface area contributed by atoms with Gasteiger partial charge in [0.2, 0.25) is 5.91 Å². The molecule has 0 unspecified atom stereocenters. The second-order valence-corrected chi connectivity index (χ2v) is 9.31. The van der Waals surface area contributed by atoms with E-state index in [0.717, 1.165) is 30.9 Å². The van der Waals surface area contributed by atoms with Crippen molar-refractivity contribution >= 4 is 5.91 Å². The van der Waals surface area contributed by atoms with Crippen LogP contribution in [0.1, 0.15) is 31.4 Å². The van der Waals surface area contributed by atoms with Crippen LogP contribution in [0.5, 0.6) is 11.5 Å². The molecule has 0 radical (unpaired) electrons. The van der Waals surface area contributed by atoms with Crippen molar-refractivity contribution in [1.82, 2.24) is 9.80 Å². The molecule has 1 amide bonds. The Morgan fingerprint density at radius 1 is 1.28 bits per heavy atom. The molecule has 0 aromatic heterocycles. The number of piperidine rings is 1. The van der Waals surface area contributed by atoms with Crippen molar-refractivity contribution in [2.24, 2.45) is 5.92 Å². The highest BCUT2D eigenvalue weighted by atomic mass is 16.7. The summed E-state index contributed by atoms with van der Waals surface area (Å²) >= 11 is 0. The summed E-state index contributed by atoms with van der Waals surface area (Å²) in [5.41, 5.74) is 2.48. The minimum absolute atomic E-state index is 0.0215. The average Bonchev–Trinajstić information content (AvgIpc) is 3.15. The Balaban J connectivity index is 1.51. The number of hydrogen-bond donors (Lipinski definition) is 0. The van der Waals surface area contributed by atoms with E-state index >= 15 is 0 Å². The summed E-state index contributed by atoms with van der Waals surface area (Å²) in [7, 11) is 3.85. The molecule has 0 N–H and O–H groups in total. The number of likely N-dealkylation sites (N-methyl/N-ethyl adjacent to an activating group) is 2. The first kappa shape index (κ1) is 21.7. The standard InChI is InChI=1S/C25H34N2O5/c1-5-27(6-2)21(28)14-30-20-10-8-17-18-13-16-7-9-19(31-15-29-4)23-22(16)25(17,24(20)32-23)11-12-26(18)3/h7-10,17-18,20,24H,5-6,11-15H2,1-4H3/t17-,18+,20-,24-,25-/m0/s1. The van der Waals surface area contributed by atoms with Crippen molar-refractivity contribution in [3.8, 4) is 11.5 Å². The molecular weight excluding hydrogens is 408 g/mol. The molecule has 32 heavy (non-hydrogen) atoms. The fraction of sp³-hybridized carbons (Fsp3) is 0.640. The molecular formula is C25H34N2O5. The van der Waals surface area contributed by atoms with Crippen LogP contribution in [-0.2, 0) is 26.1 Å². The Morgan fingerprint density at radius 3 is 2.84 bits per heavy atom. The number of likely N-dealkylation sites (tertiary alicyclic amines) is 1. The lowest BCUT2D eigenvalue weighted by Crippen LogP contribution is -2.65. The molecule has 7 heteroatoms. The van der Waals surface area contributed by atoms with Gasteiger partial charge in [-0.1, -0.05) is 18.2 Å². The van der Waals surface area contributed by atoms with Crippen LogP contribution < -0.4 is 9.47 Å². The highest BCUT2D eigenvalue weighted by molar-refractivity contribution is 5.77. The summed E-state index contributed by atoms with van der Waals surface area (Å²) < 4.78 is 24.0. The first-order valence-electron chi connectivity index (χ1n) is 11.8. The fourth-order valence-electron chi connectivity index (χ4n) is 6.42. The third-order valence-electron chi connectivity index (χ3n) is 7.96. The van der Waals surface area contributed by atoms with Crippen molar-refractivity contribution < 1.29 is 23.7 Å². The summed E-state index contributed by atoms with van der Waals surface area (Å²) in [6.45, 7) is 6.62. The monoisotopic (exact) mass is 442 g/mol. The molecule has 2 aliphatic carbocycles. The third-order valence-corrected chi connectivity index (χ3v) is 7.96. The Labute approximate surface area is 190 Å². The average molecular weight is 443 g/mol. The van der Waals surface area contributed by atoms with E-state index in [4.69, 9.17) is 18.9 Å². The molecule has 1 aromatic carbocycles. The maximum absolute atomic E-state index is 12.6. The number of hydrogen-bond acceptors (Lipinski definition) is 6. The van der Waals surface area contributed by atoms with E-state index in [1.807, 2.05) is 19.9 Å². The molecule has 1 fully saturated rings. The molecule has 2 aliphatic heterocycles. The van der Waals surface area contributed by atoms with Gasteiger partial charge in [-0.15, -0.1) is 0 Å². The molecule has 1 aromatic rings. The molecule has 2 bridgehead atoms. The van der Waals surface area contributed by atoms with Crippen molar-refractivity contribution in [1.29, 1.82) is 0 Å². The predicted octanol–water partition coefficient (Wildman–Crippen LogP) is 2.37. The fourth-order valence-corrected chi connectivity index (χ4v) is 6.42. The van der Waals surface area contributed by atoms with E-state index in [9.17, 15) is 4.79 Å². The van der Waals surface area contributed by atoms with Gasteiger partial charge in [-0.05, 0) is 51.9 Å². The van der Waals surface area contributed by atoms with E-state index in [1.165, 1.54) is 11.1 Å². The lowest BCUT2D eigenvalue weighted by Gasteiger charge is -2.56. The summed E-state index contributed by atoms with van der Waals surface area (Å²) in [5.74, 6) is 1.94. The number of methoxy groups -OCH3 is 1. The number of carbonyl (C=O) groups excluding carboxylic acids is 1. The Morgan fingerprint density at radius 2 is 2.09 bits per heavy atom. The molecule has 5 atom stereocenters. The second kappa shape index (κ2) is 8.36. The largest absolute Gasteiger partial charge is 0.482 e. The highest BCUT2D eigenvalue weighted by Gasteiger charge is 2.64. The van der Waals surface area contributed by atoms with E-state index in [0.29, 0.717) is 25.0 Å². The van der Waals surface area contributed by atoms with Crippen LogP contribution in [0.25, 0.3) is 0 Å². The van der Waals surface area contributed by atoms with E-state index in [2.05, 4.69) is 30.2 Å². The van der Waals surface area contributed by atoms with Crippen LogP contribution >= 0.6 is 0 Å². The van der Waals surface area contributed by atoms with Crippen molar-refractivity contribution in [2.75, 3.05) is 47.2 Å². The van der Waals surface area contributed by atoms with Crippen LogP contribution in [-0.4, -0.2) is 81.1 Å². The van der Waals surface area contributed by atoms with Gasteiger partial charge in [-0.3, -0.25) is 4.79 Å². The summed E-state index contributed by atoms with van der Waals surface area (Å²) in [5, 5.41) is 0. The zero-order chi connectivity index (χ0) is 22.5. The SMILES string of the molecule is CCN(CC)C(=O)CO[C@H]1C=C[C@H]2[C@H]3Cc4ccc(OCOC)c5c4[C@@]2(CCN3C)[C@H]1O5. The molecule has 0 saturated carbocycles. The molecule has 1 saturated heterocycles. The lowest BCUT2D eigenvalue weighted by molar-refractivity contribution is -0.140. The molecule has 5 rings (SSSR count). The van der Waals surface area contributed by atoms with Gasteiger partial charge in [0.25, 0.3) is 0 Å². The lowest BCUT2D eigenvalue weighted by atomic mass is 9.53. The normalized spacial score (nSPS) is 31.8. The van der Waals surface area contributed by atoms with Gasteiger partial charge in [-0.2, -0.15) is 0 Å². The maximum Gasteiger partial charge on any atom is 0.248 e. The second-order valence-electron chi connectivity index (χ2n) is 9.31. The smallest absolute Gasteiger partial charge is 0.248 e. The predicted molar refractivity (Wildman–Crippen MR) is 120 cm³/mol. The number of nitrogens with zero attached hydrogens (tertiary/aromatic N) is 2. The van der Waals surface area contributed by atoms with Crippen LogP contribution in [0, 0.1) is 5.92 Å². The quantitative estimate of drug-likeness (QED) is 0.455. The molecule has 174 valence electrons. The first-order valence-corrected chi connectivity index (χ1v) is 11.8. The maximum atomic E-state index is 12.6. The number of benzene rings is 1. The number of carbonyl (C=O) groups is 1. The molecule has 1 spiro atoms. The molecule has 2 heterocycles. The minimum Gasteiger partial charge on any atom is -0.482 e. The van der Waals surface area contributed by atoms with Crippen molar-refractivity contribution in [3.63, 3.8) is 0 Å². The zero-order valence-electron chi connectivity index (χ0n) is 19.5. The van der Waals surface area contributed by atoms with Crippen LogP contribution in [0.15, 0.2) is 24.3 Å². The van der Waals surface area contributed by atoms with Gasteiger partial charge >= 0.3 is 0 Å². The van der Waals surface area contributed by atoms with Gasteiger partial charge in [0.1, 0.15) is 18.8 Å². The first-order chi connectivity index (χ1) is 15.5. The number of rotatable bonds is 8. The van der Waals surface area contributed by atoms with Gasteiger partial charge in [0.05, 0.1) is 0 Å². The van der Waals surface area contributed by atoms with Crippen LogP contribution in [0.2, 0.25) is 0 Å². The van der Waals surface area contributed by atoms with Crippen LogP contribution in [0.3, 0.4) is 0 Å². The summed E-state index contributed by atoms with van der Waals surface area (Å²) in [6, 6.07) is 4.64. The van der Waals surface area contributed by atoms with Crippen molar-refractivity contribution in [3.05, 3.63) is 35.4 Å². The van der Waals surface area contributed by atoms with E-state index in [1.54, 1.807) is 12.0 Å². The van der Waals surface area contributed by atoms with Gasteiger partial charge in [-0.25, -0.2) is 0 Å². The van der Waals surface area contributed by atoms with Crippen molar-refractivity contribution in [2.45, 2.75) is 50.4 Å². The van der Waals surface area contributed by atoms with Gasteiger partial charge < -0.3 is 28.7 Å². The third kappa shape index (κ3) is 3.09. The topological polar surface area (TPSA) is 60.5 Å². The summed E-state index contributed by atoms with van der Waals surface area (Å²) in [4.78, 5) is 16.9. The number of amides is 1. The van der Waals surface area contributed by atoms with Gasteiger partial charge in [0, 0.05) is 43.1 Å². The highest BCUT2D eigenvalue weighted by Crippen LogP contribution is 2.62.